The van der Waals surface area contributed by atoms with Crippen LogP contribution >= 0.6 is 0 Å². The average molecular weight is 369 g/mol. The number of carbonyl (C=O) groups is 1. The van der Waals surface area contributed by atoms with Gasteiger partial charge in [-0.2, -0.15) is 0 Å². The number of hydrogen-bond acceptors (Lipinski definition) is 4. The highest BCUT2D eigenvalue weighted by atomic mass is 16.6. The number of amides is 1. The number of hydrogen-bond donors (Lipinski definition) is 0. The summed E-state index contributed by atoms with van der Waals surface area (Å²) in [5, 5.41) is 0. The van der Waals surface area contributed by atoms with E-state index in [2.05, 4.69) is 22.7 Å². The van der Waals surface area contributed by atoms with E-state index in [9.17, 15) is 4.79 Å². The predicted octanol–water partition coefficient (Wildman–Crippen LogP) is 3.23. The van der Waals surface area contributed by atoms with Gasteiger partial charge in [-0.3, -0.25) is 4.79 Å². The van der Waals surface area contributed by atoms with Gasteiger partial charge in [-0.15, -0.1) is 0 Å². The molecule has 3 heterocycles. The number of benzene rings is 1. The molecule has 0 spiro atoms. The maximum Gasteiger partial charge on any atom is 0.267 e. The molecule has 27 heavy (non-hydrogen) atoms. The Labute approximate surface area is 160 Å². The van der Waals surface area contributed by atoms with Crippen LogP contribution < -0.4 is 9.47 Å². The fourth-order valence-electron chi connectivity index (χ4n) is 3.90. The number of fused-ring (bicyclic) bond motifs is 1. The van der Waals surface area contributed by atoms with E-state index >= 15 is 0 Å². The van der Waals surface area contributed by atoms with Crippen molar-refractivity contribution in [1.82, 2.24) is 14.5 Å². The van der Waals surface area contributed by atoms with Crippen LogP contribution in [0.2, 0.25) is 0 Å². The number of rotatable bonds is 5. The second-order valence-electron chi connectivity index (χ2n) is 7.30. The van der Waals surface area contributed by atoms with E-state index in [4.69, 9.17) is 9.47 Å². The third-order valence-corrected chi connectivity index (χ3v) is 5.46. The third-order valence-electron chi connectivity index (χ3n) is 5.46. The molecular formula is C21H27N3O3. The smallest absolute Gasteiger partial charge is 0.267 e. The van der Waals surface area contributed by atoms with Crippen LogP contribution in [0, 0.1) is 0 Å². The molecule has 1 amide bonds. The lowest BCUT2D eigenvalue weighted by atomic mass is 9.95. The van der Waals surface area contributed by atoms with E-state index in [1.807, 2.05) is 35.4 Å². The summed E-state index contributed by atoms with van der Waals surface area (Å²) < 4.78 is 13.9. The normalized spacial score (nSPS) is 19.9. The largest absolute Gasteiger partial charge is 0.485 e. The van der Waals surface area contributed by atoms with Crippen molar-refractivity contribution in [3.05, 3.63) is 42.5 Å². The number of imidazole rings is 1. The van der Waals surface area contributed by atoms with Gasteiger partial charge in [0.15, 0.2) is 11.5 Å². The molecule has 6 heteroatoms. The van der Waals surface area contributed by atoms with Gasteiger partial charge in [0, 0.05) is 37.9 Å². The van der Waals surface area contributed by atoms with Crippen LogP contribution in [0.1, 0.15) is 44.3 Å². The Bertz CT molecular complexity index is 780. The molecule has 1 aromatic heterocycles. The van der Waals surface area contributed by atoms with Gasteiger partial charge in [-0.1, -0.05) is 25.5 Å². The summed E-state index contributed by atoms with van der Waals surface area (Å²) in [7, 11) is 0. The number of likely N-dealkylation sites (tertiary alicyclic amines) is 1. The van der Waals surface area contributed by atoms with Gasteiger partial charge in [-0.25, -0.2) is 4.98 Å². The zero-order chi connectivity index (χ0) is 18.6. The van der Waals surface area contributed by atoms with Crippen molar-refractivity contribution in [3.63, 3.8) is 0 Å². The lowest BCUT2D eigenvalue weighted by molar-refractivity contribution is -0.142. The summed E-state index contributed by atoms with van der Waals surface area (Å²) in [6.07, 6.45) is 7.65. The number of ether oxygens (including phenoxy) is 2. The predicted molar refractivity (Wildman–Crippen MR) is 102 cm³/mol. The van der Waals surface area contributed by atoms with E-state index < -0.39 is 6.10 Å². The van der Waals surface area contributed by atoms with Crippen LogP contribution in [0.15, 0.2) is 36.7 Å². The van der Waals surface area contributed by atoms with Gasteiger partial charge >= 0.3 is 0 Å². The standard InChI is InChI=1S/C21H27N3O3/c1-2-3-11-23-14-10-22-20(23)16-8-12-24(13-9-16)21(25)19-15-26-17-6-4-5-7-18(17)27-19/h4-7,10,14,16,19H,2-3,8-9,11-13,15H2,1H3/t19-/m1/s1. The maximum atomic E-state index is 12.9. The minimum atomic E-state index is -0.553. The van der Waals surface area contributed by atoms with Crippen molar-refractivity contribution in [1.29, 1.82) is 0 Å². The topological polar surface area (TPSA) is 56.6 Å². The zero-order valence-corrected chi connectivity index (χ0v) is 15.8. The molecule has 2 aliphatic heterocycles. The first kappa shape index (κ1) is 17.9. The maximum absolute atomic E-state index is 12.9. The van der Waals surface area contributed by atoms with Crippen LogP contribution in [0.4, 0.5) is 0 Å². The number of unbranched alkanes of at least 4 members (excludes halogenated alkanes) is 1. The summed E-state index contributed by atoms with van der Waals surface area (Å²) in [5.74, 6) is 2.97. The molecule has 0 saturated carbocycles. The first-order chi connectivity index (χ1) is 13.3. The van der Waals surface area contributed by atoms with Crippen molar-refractivity contribution in [3.8, 4) is 11.5 Å². The fraction of sp³-hybridized carbons (Fsp3) is 0.524. The second-order valence-corrected chi connectivity index (χ2v) is 7.30. The molecule has 1 aromatic carbocycles. The monoisotopic (exact) mass is 369 g/mol. The molecular weight excluding hydrogens is 342 g/mol. The molecule has 0 bridgehead atoms. The van der Waals surface area contributed by atoms with Crippen LogP contribution in [-0.4, -0.2) is 46.2 Å². The quantitative estimate of drug-likeness (QED) is 0.812. The minimum absolute atomic E-state index is 0.0253. The van der Waals surface area contributed by atoms with E-state index in [-0.39, 0.29) is 12.5 Å². The average Bonchev–Trinajstić information content (AvgIpc) is 3.20. The minimum Gasteiger partial charge on any atom is -0.485 e. The van der Waals surface area contributed by atoms with Crippen molar-refractivity contribution < 1.29 is 14.3 Å². The van der Waals surface area contributed by atoms with E-state index in [1.54, 1.807) is 0 Å². The molecule has 0 N–H and O–H groups in total. The van der Waals surface area contributed by atoms with Crippen molar-refractivity contribution in [2.75, 3.05) is 19.7 Å². The highest BCUT2D eigenvalue weighted by Crippen LogP contribution is 2.32. The van der Waals surface area contributed by atoms with Gasteiger partial charge in [0.1, 0.15) is 12.4 Å². The van der Waals surface area contributed by atoms with Crippen LogP contribution in [0.5, 0.6) is 11.5 Å². The Kier molecular flexibility index (Phi) is 5.32. The summed E-state index contributed by atoms with van der Waals surface area (Å²) in [5.41, 5.74) is 0. The summed E-state index contributed by atoms with van der Waals surface area (Å²) >= 11 is 0. The summed E-state index contributed by atoms with van der Waals surface area (Å²) in [6, 6.07) is 7.50. The lowest BCUT2D eigenvalue weighted by Gasteiger charge is -2.35. The molecule has 2 aliphatic rings. The lowest BCUT2D eigenvalue weighted by Crippen LogP contribution is -2.49. The number of carbonyl (C=O) groups excluding carboxylic acids is 1. The molecule has 144 valence electrons. The van der Waals surface area contributed by atoms with Crippen LogP contribution in [0.25, 0.3) is 0 Å². The van der Waals surface area contributed by atoms with E-state index in [0.717, 1.165) is 32.5 Å². The number of aryl methyl sites for hydroxylation is 1. The van der Waals surface area contributed by atoms with Gasteiger partial charge in [0.2, 0.25) is 6.10 Å². The Morgan fingerprint density at radius 1 is 1.22 bits per heavy atom. The SMILES string of the molecule is CCCCn1ccnc1C1CCN(C(=O)[C@H]2COc3ccccc3O2)CC1. The molecule has 4 rings (SSSR count). The van der Waals surface area contributed by atoms with Crippen molar-refractivity contribution in [2.24, 2.45) is 0 Å². The van der Waals surface area contributed by atoms with Gasteiger partial charge in [-0.05, 0) is 31.4 Å². The number of nitrogens with zero attached hydrogens (tertiary/aromatic N) is 3. The Hall–Kier alpha value is -2.50. The molecule has 1 atom stereocenters. The molecule has 0 radical (unpaired) electrons. The van der Waals surface area contributed by atoms with Gasteiger partial charge in [0.05, 0.1) is 0 Å². The van der Waals surface area contributed by atoms with Crippen molar-refractivity contribution >= 4 is 5.91 Å². The van der Waals surface area contributed by atoms with Gasteiger partial charge in [0.25, 0.3) is 5.91 Å². The molecule has 1 saturated heterocycles. The number of piperidine rings is 1. The molecule has 6 nitrogen and oxygen atoms in total. The Morgan fingerprint density at radius 2 is 2.00 bits per heavy atom. The molecule has 0 unspecified atom stereocenters. The highest BCUT2D eigenvalue weighted by Gasteiger charge is 2.34. The van der Waals surface area contributed by atoms with E-state index in [1.165, 1.54) is 18.7 Å². The Morgan fingerprint density at radius 3 is 2.78 bits per heavy atom. The van der Waals surface area contributed by atoms with Crippen LogP contribution in [-0.2, 0) is 11.3 Å². The van der Waals surface area contributed by atoms with Crippen molar-refractivity contribution in [2.45, 2.75) is 51.2 Å². The Balaban J connectivity index is 1.34. The van der Waals surface area contributed by atoms with Crippen LogP contribution in [0.3, 0.4) is 0 Å². The molecule has 0 aliphatic carbocycles. The summed E-state index contributed by atoms with van der Waals surface area (Å²) in [6.45, 7) is 4.99. The third kappa shape index (κ3) is 3.80. The number of aromatic nitrogens is 2. The molecule has 1 fully saturated rings. The summed E-state index contributed by atoms with van der Waals surface area (Å²) in [4.78, 5) is 19.4. The first-order valence-electron chi connectivity index (χ1n) is 9.94. The highest BCUT2D eigenvalue weighted by molar-refractivity contribution is 5.82. The number of para-hydroxylation sites is 2. The zero-order valence-electron chi connectivity index (χ0n) is 15.8. The second kappa shape index (κ2) is 8.03. The van der Waals surface area contributed by atoms with E-state index in [0.29, 0.717) is 17.4 Å². The molecule has 2 aromatic rings. The first-order valence-corrected chi connectivity index (χ1v) is 9.94. The van der Waals surface area contributed by atoms with Gasteiger partial charge < -0.3 is 18.9 Å². The fourth-order valence-corrected chi connectivity index (χ4v) is 3.90.